The summed E-state index contributed by atoms with van der Waals surface area (Å²) < 4.78 is 5.46. The van der Waals surface area contributed by atoms with E-state index in [0.29, 0.717) is 24.4 Å². The molecular weight excluding hydrogens is 342 g/mol. The van der Waals surface area contributed by atoms with Gasteiger partial charge in [0.2, 0.25) is 5.91 Å². The van der Waals surface area contributed by atoms with Crippen LogP contribution < -0.4 is 15.4 Å². The van der Waals surface area contributed by atoms with Crippen molar-refractivity contribution < 1.29 is 14.3 Å². The topological polar surface area (TPSA) is 70.7 Å². The minimum Gasteiger partial charge on any atom is -0.490 e. The minimum atomic E-state index is -0.191. The lowest BCUT2D eigenvalue weighted by Gasteiger charge is -2.17. The smallest absolute Gasteiger partial charge is 0.251 e. The van der Waals surface area contributed by atoms with Crippen LogP contribution in [0.2, 0.25) is 0 Å². The summed E-state index contributed by atoms with van der Waals surface area (Å²) in [7, 11) is 3.45. The van der Waals surface area contributed by atoms with Gasteiger partial charge in [0.05, 0.1) is 6.54 Å². The van der Waals surface area contributed by atoms with Crippen molar-refractivity contribution in [2.45, 2.75) is 6.54 Å². The normalized spacial score (nSPS) is 10.3. The Balaban J connectivity index is 1.86. The highest BCUT2D eigenvalue weighted by Gasteiger charge is 2.09. The molecular formula is C21H25N3O3. The Kier molecular flexibility index (Phi) is 7.58. The van der Waals surface area contributed by atoms with Crippen LogP contribution in [-0.4, -0.2) is 44.0 Å². The van der Waals surface area contributed by atoms with Crippen LogP contribution in [0.5, 0.6) is 5.75 Å². The number of hydrogen-bond donors (Lipinski definition) is 2. The zero-order valence-corrected chi connectivity index (χ0v) is 15.7. The van der Waals surface area contributed by atoms with Crippen LogP contribution in [0, 0.1) is 0 Å². The average molecular weight is 367 g/mol. The maximum absolute atomic E-state index is 12.3. The van der Waals surface area contributed by atoms with E-state index in [0.717, 1.165) is 11.3 Å². The van der Waals surface area contributed by atoms with Gasteiger partial charge in [0, 0.05) is 24.8 Å². The van der Waals surface area contributed by atoms with Gasteiger partial charge in [-0.2, -0.15) is 0 Å². The Bertz CT molecular complexity index is 788. The van der Waals surface area contributed by atoms with Crippen molar-refractivity contribution in [3.8, 4) is 5.75 Å². The summed E-state index contributed by atoms with van der Waals surface area (Å²) in [6, 6.07) is 14.6. The molecule has 142 valence electrons. The number of nitrogens with zero attached hydrogens (tertiary/aromatic N) is 1. The SMILES string of the molecule is C=CCOc1ccc(CN(C)CC(=O)Nc2cccc(C(=O)NC)c2)cc1. The van der Waals surface area contributed by atoms with Crippen LogP contribution in [0.15, 0.2) is 61.2 Å². The summed E-state index contributed by atoms with van der Waals surface area (Å²) in [5, 5.41) is 5.38. The molecule has 6 heteroatoms. The second-order valence-electron chi connectivity index (χ2n) is 6.12. The van der Waals surface area contributed by atoms with E-state index in [1.165, 1.54) is 0 Å². The lowest BCUT2D eigenvalue weighted by Crippen LogP contribution is -2.30. The third kappa shape index (κ3) is 6.60. The molecule has 2 aromatic rings. The van der Waals surface area contributed by atoms with E-state index in [9.17, 15) is 9.59 Å². The van der Waals surface area contributed by atoms with Gasteiger partial charge in [-0.05, 0) is 42.9 Å². The molecule has 0 unspecified atom stereocenters. The third-order valence-corrected chi connectivity index (χ3v) is 3.79. The molecule has 0 fully saturated rings. The Hall–Kier alpha value is -3.12. The van der Waals surface area contributed by atoms with E-state index in [2.05, 4.69) is 17.2 Å². The molecule has 0 saturated carbocycles. The first kappa shape index (κ1) is 20.2. The first-order valence-electron chi connectivity index (χ1n) is 8.65. The first-order valence-corrected chi connectivity index (χ1v) is 8.65. The van der Waals surface area contributed by atoms with Crippen molar-refractivity contribution >= 4 is 17.5 Å². The lowest BCUT2D eigenvalue weighted by atomic mass is 10.2. The number of amides is 2. The molecule has 2 rings (SSSR count). The molecule has 0 aromatic heterocycles. The number of rotatable bonds is 9. The molecule has 2 N–H and O–H groups in total. The number of hydrogen-bond acceptors (Lipinski definition) is 4. The van der Waals surface area contributed by atoms with Crippen molar-refractivity contribution in [1.82, 2.24) is 10.2 Å². The van der Waals surface area contributed by atoms with Crippen LogP contribution >= 0.6 is 0 Å². The Labute approximate surface area is 159 Å². The fourth-order valence-electron chi connectivity index (χ4n) is 2.54. The van der Waals surface area contributed by atoms with Crippen molar-refractivity contribution in [2.24, 2.45) is 0 Å². The summed E-state index contributed by atoms with van der Waals surface area (Å²) in [6.07, 6.45) is 1.70. The van der Waals surface area contributed by atoms with E-state index in [-0.39, 0.29) is 18.4 Å². The van der Waals surface area contributed by atoms with Crippen molar-refractivity contribution in [3.63, 3.8) is 0 Å². The standard InChI is InChI=1S/C21H25N3O3/c1-4-12-27-19-10-8-16(9-11-19)14-24(3)15-20(25)23-18-7-5-6-17(13-18)21(26)22-2/h4-11,13H,1,12,14-15H2,2-3H3,(H,22,26)(H,23,25). The van der Waals surface area contributed by atoms with Crippen molar-refractivity contribution in [1.29, 1.82) is 0 Å². The molecule has 0 spiro atoms. The largest absolute Gasteiger partial charge is 0.490 e. The molecule has 0 radical (unpaired) electrons. The maximum Gasteiger partial charge on any atom is 0.251 e. The molecule has 0 bridgehead atoms. The molecule has 0 saturated heterocycles. The van der Waals surface area contributed by atoms with Gasteiger partial charge in [0.25, 0.3) is 5.91 Å². The fourth-order valence-corrected chi connectivity index (χ4v) is 2.54. The molecule has 0 atom stereocenters. The number of carbonyl (C=O) groups is 2. The number of nitrogens with one attached hydrogen (secondary N) is 2. The van der Waals surface area contributed by atoms with E-state index in [1.54, 1.807) is 37.4 Å². The van der Waals surface area contributed by atoms with Gasteiger partial charge in [-0.1, -0.05) is 30.9 Å². The molecule has 2 aromatic carbocycles. The van der Waals surface area contributed by atoms with Crippen LogP contribution in [0.3, 0.4) is 0 Å². The van der Waals surface area contributed by atoms with E-state index in [1.807, 2.05) is 36.2 Å². The van der Waals surface area contributed by atoms with E-state index < -0.39 is 0 Å². The van der Waals surface area contributed by atoms with Gasteiger partial charge < -0.3 is 15.4 Å². The molecule has 0 aliphatic carbocycles. The predicted octanol–water partition coefficient (Wildman–Crippen LogP) is 2.68. The van der Waals surface area contributed by atoms with Gasteiger partial charge >= 0.3 is 0 Å². The highest BCUT2D eigenvalue weighted by molar-refractivity contribution is 5.97. The molecule has 0 aliphatic heterocycles. The first-order chi connectivity index (χ1) is 13.0. The van der Waals surface area contributed by atoms with Gasteiger partial charge in [-0.25, -0.2) is 0 Å². The second-order valence-corrected chi connectivity index (χ2v) is 6.12. The number of carbonyl (C=O) groups excluding carboxylic acids is 2. The molecule has 6 nitrogen and oxygen atoms in total. The Morgan fingerprint density at radius 3 is 2.59 bits per heavy atom. The van der Waals surface area contributed by atoms with Crippen molar-refractivity contribution in [3.05, 3.63) is 72.3 Å². The number of benzene rings is 2. The fraction of sp³-hybridized carbons (Fsp3) is 0.238. The second kappa shape index (κ2) is 10.1. The van der Waals surface area contributed by atoms with Gasteiger partial charge in [0.1, 0.15) is 12.4 Å². The van der Waals surface area contributed by atoms with Crippen LogP contribution in [0.4, 0.5) is 5.69 Å². The number of anilines is 1. The molecule has 27 heavy (non-hydrogen) atoms. The highest BCUT2D eigenvalue weighted by Crippen LogP contribution is 2.14. The van der Waals surface area contributed by atoms with Gasteiger partial charge in [0.15, 0.2) is 0 Å². The Morgan fingerprint density at radius 1 is 1.19 bits per heavy atom. The zero-order chi connectivity index (χ0) is 19.6. The Morgan fingerprint density at radius 2 is 1.93 bits per heavy atom. The maximum atomic E-state index is 12.3. The summed E-state index contributed by atoms with van der Waals surface area (Å²) in [4.78, 5) is 25.8. The lowest BCUT2D eigenvalue weighted by molar-refractivity contribution is -0.117. The van der Waals surface area contributed by atoms with Crippen LogP contribution in [-0.2, 0) is 11.3 Å². The van der Waals surface area contributed by atoms with E-state index >= 15 is 0 Å². The third-order valence-electron chi connectivity index (χ3n) is 3.79. The monoisotopic (exact) mass is 367 g/mol. The summed E-state index contributed by atoms with van der Waals surface area (Å²) in [6.45, 7) is 4.96. The van der Waals surface area contributed by atoms with Crippen LogP contribution in [0.1, 0.15) is 15.9 Å². The predicted molar refractivity (Wildman–Crippen MR) is 107 cm³/mol. The summed E-state index contributed by atoms with van der Waals surface area (Å²) in [5.41, 5.74) is 2.18. The molecule has 0 heterocycles. The number of likely N-dealkylation sites (N-methyl/N-ethyl adjacent to an activating group) is 1. The number of ether oxygens (including phenoxy) is 1. The van der Waals surface area contributed by atoms with E-state index in [4.69, 9.17) is 4.74 Å². The highest BCUT2D eigenvalue weighted by atomic mass is 16.5. The minimum absolute atomic E-state index is 0.141. The van der Waals surface area contributed by atoms with Crippen molar-refractivity contribution in [2.75, 3.05) is 32.6 Å². The summed E-state index contributed by atoms with van der Waals surface area (Å²) in [5.74, 6) is 0.455. The average Bonchev–Trinajstić information content (AvgIpc) is 2.66. The molecule has 2 amide bonds. The summed E-state index contributed by atoms with van der Waals surface area (Å²) >= 11 is 0. The zero-order valence-electron chi connectivity index (χ0n) is 15.7. The quantitative estimate of drug-likeness (QED) is 0.669. The van der Waals surface area contributed by atoms with Gasteiger partial charge in [-0.15, -0.1) is 0 Å². The van der Waals surface area contributed by atoms with Gasteiger partial charge in [-0.3, -0.25) is 14.5 Å². The van der Waals surface area contributed by atoms with Crippen LogP contribution in [0.25, 0.3) is 0 Å². The molecule has 0 aliphatic rings.